The van der Waals surface area contributed by atoms with Crippen molar-refractivity contribution in [3.05, 3.63) is 24.5 Å². The molecule has 2 rings (SSSR count). The van der Waals surface area contributed by atoms with Crippen LogP contribution in [-0.4, -0.2) is 24.7 Å². The van der Waals surface area contributed by atoms with Crippen LogP contribution in [0.25, 0.3) is 0 Å². The lowest BCUT2D eigenvalue weighted by atomic mass is 10.6. The van der Waals surface area contributed by atoms with E-state index in [1.807, 2.05) is 7.05 Å². The van der Waals surface area contributed by atoms with Crippen LogP contribution in [0.2, 0.25) is 0 Å². The van der Waals surface area contributed by atoms with Crippen LogP contribution in [0.4, 0.5) is 5.95 Å². The zero-order chi connectivity index (χ0) is 9.10. The van der Waals surface area contributed by atoms with Gasteiger partial charge in [0.15, 0.2) is 0 Å². The number of H-pyrrole nitrogens is 1. The summed E-state index contributed by atoms with van der Waals surface area (Å²) >= 11 is 0. The summed E-state index contributed by atoms with van der Waals surface area (Å²) in [5.41, 5.74) is 0. The normalized spacial score (nSPS) is 10.2. The van der Waals surface area contributed by atoms with Crippen molar-refractivity contribution in [1.82, 2.24) is 24.7 Å². The number of aryl methyl sites for hydroxylation is 1. The fourth-order valence-corrected chi connectivity index (χ4v) is 1.01. The van der Waals surface area contributed by atoms with Gasteiger partial charge in [0.25, 0.3) is 0 Å². The Morgan fingerprint density at radius 2 is 2.46 bits per heavy atom. The monoisotopic (exact) mass is 178 g/mol. The smallest absolute Gasteiger partial charge is 0.221 e. The molecule has 0 unspecified atom stereocenters. The molecule has 68 valence electrons. The Kier molecular flexibility index (Phi) is 1.95. The number of nitrogens with one attached hydrogen (secondary N) is 2. The quantitative estimate of drug-likeness (QED) is 0.701. The number of nitrogens with zero attached hydrogens (tertiary/aromatic N) is 4. The molecule has 0 fully saturated rings. The number of imidazole rings is 1. The lowest BCUT2D eigenvalue weighted by molar-refractivity contribution is 0.764. The molecule has 0 radical (unpaired) electrons. The van der Waals surface area contributed by atoms with E-state index in [1.54, 1.807) is 17.1 Å². The van der Waals surface area contributed by atoms with E-state index in [1.165, 1.54) is 6.33 Å². The van der Waals surface area contributed by atoms with E-state index < -0.39 is 0 Å². The summed E-state index contributed by atoms with van der Waals surface area (Å²) in [6.45, 7) is 0.625. The highest BCUT2D eigenvalue weighted by Crippen LogP contribution is 1.99. The van der Waals surface area contributed by atoms with Gasteiger partial charge in [-0.2, -0.15) is 10.1 Å². The molecule has 2 aromatic rings. The first-order chi connectivity index (χ1) is 6.36. The molecule has 0 bridgehead atoms. The number of hydrogen-bond acceptors (Lipinski definition) is 4. The standard InChI is InChI=1S/C7H10N6/c1-13-7(11-5-12-13)10-4-6-8-2-3-9-6/h2-3,5H,4H2,1H3,(H,8,9)(H,10,11,12). The predicted molar refractivity (Wildman–Crippen MR) is 46.9 cm³/mol. The third kappa shape index (κ3) is 1.66. The third-order valence-electron chi connectivity index (χ3n) is 1.68. The molecule has 2 heterocycles. The molecule has 0 aliphatic carbocycles. The molecule has 6 nitrogen and oxygen atoms in total. The Balaban J connectivity index is 1.97. The van der Waals surface area contributed by atoms with Gasteiger partial charge in [-0.3, -0.25) is 0 Å². The average Bonchev–Trinajstić information content (AvgIpc) is 2.72. The molecule has 0 aromatic carbocycles. The summed E-state index contributed by atoms with van der Waals surface area (Å²) in [5.74, 6) is 1.61. The topological polar surface area (TPSA) is 71.4 Å². The highest BCUT2D eigenvalue weighted by atomic mass is 15.4. The van der Waals surface area contributed by atoms with Gasteiger partial charge in [0, 0.05) is 19.4 Å². The van der Waals surface area contributed by atoms with Crippen molar-refractivity contribution in [2.24, 2.45) is 7.05 Å². The van der Waals surface area contributed by atoms with Gasteiger partial charge in [-0.25, -0.2) is 9.67 Å². The van der Waals surface area contributed by atoms with E-state index in [4.69, 9.17) is 0 Å². The fraction of sp³-hybridized carbons (Fsp3) is 0.286. The van der Waals surface area contributed by atoms with E-state index in [0.29, 0.717) is 6.54 Å². The van der Waals surface area contributed by atoms with Gasteiger partial charge in [-0.1, -0.05) is 0 Å². The van der Waals surface area contributed by atoms with Crippen LogP contribution in [0.3, 0.4) is 0 Å². The van der Waals surface area contributed by atoms with Crippen molar-refractivity contribution in [3.63, 3.8) is 0 Å². The van der Waals surface area contributed by atoms with Gasteiger partial charge in [-0.05, 0) is 0 Å². The molecule has 0 saturated heterocycles. The zero-order valence-corrected chi connectivity index (χ0v) is 7.23. The first kappa shape index (κ1) is 7.78. The second-order valence-electron chi connectivity index (χ2n) is 2.60. The van der Waals surface area contributed by atoms with Crippen LogP contribution >= 0.6 is 0 Å². The molecule has 13 heavy (non-hydrogen) atoms. The minimum Gasteiger partial charge on any atom is -0.347 e. The fourth-order valence-electron chi connectivity index (χ4n) is 1.01. The van der Waals surface area contributed by atoms with Crippen molar-refractivity contribution < 1.29 is 0 Å². The highest BCUT2D eigenvalue weighted by Gasteiger charge is 1.99. The summed E-state index contributed by atoms with van der Waals surface area (Å²) in [5, 5.41) is 7.02. The SMILES string of the molecule is Cn1ncnc1NCc1ncc[nH]1. The van der Waals surface area contributed by atoms with Gasteiger partial charge >= 0.3 is 0 Å². The molecule has 0 aliphatic rings. The second kappa shape index (κ2) is 3.26. The number of rotatable bonds is 3. The summed E-state index contributed by atoms with van der Waals surface area (Å²) in [4.78, 5) is 11.1. The molecule has 2 N–H and O–H groups in total. The lowest BCUT2D eigenvalue weighted by Crippen LogP contribution is -2.06. The third-order valence-corrected chi connectivity index (χ3v) is 1.68. The molecule has 0 aliphatic heterocycles. The first-order valence-electron chi connectivity index (χ1n) is 3.92. The van der Waals surface area contributed by atoms with Gasteiger partial charge < -0.3 is 10.3 Å². The van der Waals surface area contributed by atoms with Gasteiger partial charge in [0.05, 0.1) is 6.54 Å². The largest absolute Gasteiger partial charge is 0.347 e. The van der Waals surface area contributed by atoms with Crippen molar-refractivity contribution in [2.75, 3.05) is 5.32 Å². The second-order valence-corrected chi connectivity index (χ2v) is 2.60. The predicted octanol–water partition coefficient (Wildman–Crippen LogP) is 0.150. The van der Waals surface area contributed by atoms with Gasteiger partial charge in [0.1, 0.15) is 12.2 Å². The van der Waals surface area contributed by atoms with E-state index in [0.717, 1.165) is 11.8 Å². The van der Waals surface area contributed by atoms with Gasteiger partial charge in [-0.15, -0.1) is 0 Å². The molecule has 6 heteroatoms. The van der Waals surface area contributed by atoms with Crippen LogP contribution in [0.15, 0.2) is 18.7 Å². The van der Waals surface area contributed by atoms with E-state index >= 15 is 0 Å². The maximum absolute atomic E-state index is 4.07. The van der Waals surface area contributed by atoms with E-state index in [2.05, 4.69) is 25.4 Å². The van der Waals surface area contributed by atoms with Crippen LogP contribution < -0.4 is 5.32 Å². The molecule has 0 saturated carbocycles. The number of aromatic nitrogens is 5. The van der Waals surface area contributed by atoms with Crippen molar-refractivity contribution in [3.8, 4) is 0 Å². The summed E-state index contributed by atoms with van der Waals surface area (Å²) in [6, 6.07) is 0. The van der Waals surface area contributed by atoms with Crippen LogP contribution in [0, 0.1) is 0 Å². The first-order valence-corrected chi connectivity index (χ1v) is 3.92. The number of anilines is 1. The minimum absolute atomic E-state index is 0.625. The molecule has 0 spiro atoms. The highest BCUT2D eigenvalue weighted by molar-refractivity contribution is 5.22. The van der Waals surface area contributed by atoms with Crippen LogP contribution in [-0.2, 0) is 13.6 Å². The Morgan fingerprint density at radius 3 is 3.08 bits per heavy atom. The summed E-state index contributed by atoms with van der Waals surface area (Å²) in [7, 11) is 1.83. The molecule has 2 aromatic heterocycles. The molecule has 0 atom stereocenters. The average molecular weight is 178 g/mol. The Morgan fingerprint density at radius 1 is 1.54 bits per heavy atom. The van der Waals surface area contributed by atoms with E-state index in [9.17, 15) is 0 Å². The molecule has 0 amide bonds. The maximum Gasteiger partial charge on any atom is 0.221 e. The minimum atomic E-state index is 0.625. The number of aromatic amines is 1. The summed E-state index contributed by atoms with van der Waals surface area (Å²) in [6.07, 6.45) is 5.01. The van der Waals surface area contributed by atoms with Crippen LogP contribution in [0.1, 0.15) is 5.82 Å². The lowest BCUT2D eigenvalue weighted by Gasteiger charge is -2.01. The number of hydrogen-bond donors (Lipinski definition) is 2. The van der Waals surface area contributed by atoms with Crippen molar-refractivity contribution in [2.45, 2.75) is 6.54 Å². The molecular formula is C7H10N6. The van der Waals surface area contributed by atoms with Crippen LogP contribution in [0.5, 0.6) is 0 Å². The maximum atomic E-state index is 4.07. The zero-order valence-electron chi connectivity index (χ0n) is 7.23. The Bertz CT molecular complexity index is 362. The summed E-state index contributed by atoms with van der Waals surface area (Å²) < 4.78 is 1.67. The van der Waals surface area contributed by atoms with E-state index in [-0.39, 0.29) is 0 Å². The van der Waals surface area contributed by atoms with Crippen molar-refractivity contribution in [1.29, 1.82) is 0 Å². The van der Waals surface area contributed by atoms with Gasteiger partial charge in [0.2, 0.25) is 5.95 Å². The Labute approximate surface area is 75.0 Å². The molecular weight excluding hydrogens is 168 g/mol. The van der Waals surface area contributed by atoms with Crippen molar-refractivity contribution >= 4 is 5.95 Å². The Hall–Kier alpha value is -1.85.